The summed E-state index contributed by atoms with van der Waals surface area (Å²) in [5.74, 6) is 1.40. The van der Waals surface area contributed by atoms with Gasteiger partial charge in [-0.2, -0.15) is 0 Å². The van der Waals surface area contributed by atoms with Crippen molar-refractivity contribution in [1.29, 1.82) is 0 Å². The molecule has 158 valence electrons. The molecule has 0 aliphatic carbocycles. The standard InChI is InChI=1S/C20H20Cl2N4O3S/c1-26-18(17(10-27)23-19(28)13-4-6-14(29-2)7-5-13)24-25-20(26)30-11-12-3-8-15(21)16(22)9-12/h3-9,17,27H,10-11H2,1-2H3,(H,23,28)/t17-/m0/s1. The molecule has 1 amide bonds. The summed E-state index contributed by atoms with van der Waals surface area (Å²) in [6.45, 7) is -0.314. The number of nitrogens with one attached hydrogen (secondary N) is 1. The molecular formula is C20H20Cl2N4O3S. The Hall–Kier alpha value is -2.26. The maximum Gasteiger partial charge on any atom is 0.251 e. The molecule has 2 aromatic carbocycles. The van der Waals surface area contributed by atoms with E-state index in [-0.39, 0.29) is 12.5 Å². The second kappa shape index (κ2) is 10.2. The third-order valence-electron chi connectivity index (χ3n) is 4.37. The lowest BCUT2D eigenvalue weighted by Crippen LogP contribution is -2.32. The van der Waals surface area contributed by atoms with E-state index in [1.54, 1.807) is 55.1 Å². The summed E-state index contributed by atoms with van der Waals surface area (Å²) in [6.07, 6.45) is 0. The summed E-state index contributed by atoms with van der Waals surface area (Å²) in [7, 11) is 3.34. The number of benzene rings is 2. The van der Waals surface area contributed by atoms with Crippen LogP contribution in [0.5, 0.6) is 5.75 Å². The number of ether oxygens (including phenoxy) is 1. The highest BCUT2D eigenvalue weighted by Crippen LogP contribution is 2.27. The van der Waals surface area contributed by atoms with E-state index in [1.165, 1.54) is 11.8 Å². The van der Waals surface area contributed by atoms with Crippen molar-refractivity contribution < 1.29 is 14.6 Å². The van der Waals surface area contributed by atoms with Crippen molar-refractivity contribution in [3.8, 4) is 5.75 Å². The van der Waals surface area contributed by atoms with Gasteiger partial charge in [-0.3, -0.25) is 4.79 Å². The minimum atomic E-state index is -0.698. The van der Waals surface area contributed by atoms with Gasteiger partial charge in [0.1, 0.15) is 11.8 Å². The summed E-state index contributed by atoms with van der Waals surface area (Å²) in [5, 5.41) is 22.6. The highest BCUT2D eigenvalue weighted by atomic mass is 35.5. The molecule has 1 aromatic heterocycles. The van der Waals surface area contributed by atoms with Crippen LogP contribution in [0.4, 0.5) is 0 Å². The largest absolute Gasteiger partial charge is 0.497 e. The molecule has 7 nitrogen and oxygen atoms in total. The second-order valence-corrected chi connectivity index (χ2v) is 8.13. The number of methoxy groups -OCH3 is 1. The van der Waals surface area contributed by atoms with E-state index in [0.717, 1.165) is 5.56 Å². The predicted molar refractivity (Wildman–Crippen MR) is 117 cm³/mol. The van der Waals surface area contributed by atoms with Crippen LogP contribution in [0.25, 0.3) is 0 Å². The van der Waals surface area contributed by atoms with E-state index in [0.29, 0.717) is 38.1 Å². The SMILES string of the molecule is COc1ccc(C(=O)N[C@@H](CO)c2nnc(SCc3ccc(Cl)c(Cl)c3)n2C)cc1. The number of aromatic nitrogens is 3. The normalized spacial score (nSPS) is 11.9. The molecule has 3 aromatic rings. The van der Waals surface area contributed by atoms with Gasteiger partial charge in [-0.05, 0) is 42.0 Å². The van der Waals surface area contributed by atoms with Crippen molar-refractivity contribution in [3.05, 3.63) is 69.5 Å². The lowest BCUT2D eigenvalue weighted by molar-refractivity contribution is 0.0912. The van der Waals surface area contributed by atoms with Gasteiger partial charge < -0.3 is 19.7 Å². The van der Waals surface area contributed by atoms with Gasteiger partial charge in [0.05, 0.1) is 23.8 Å². The van der Waals surface area contributed by atoms with Crippen molar-refractivity contribution in [2.75, 3.05) is 13.7 Å². The van der Waals surface area contributed by atoms with Gasteiger partial charge in [-0.15, -0.1) is 10.2 Å². The molecule has 1 atom stereocenters. The number of hydrogen-bond donors (Lipinski definition) is 2. The molecule has 0 radical (unpaired) electrons. The van der Waals surface area contributed by atoms with Crippen molar-refractivity contribution >= 4 is 40.9 Å². The highest BCUT2D eigenvalue weighted by Gasteiger charge is 2.22. The Balaban J connectivity index is 1.68. The van der Waals surface area contributed by atoms with Gasteiger partial charge in [0.2, 0.25) is 0 Å². The maximum absolute atomic E-state index is 12.5. The molecule has 30 heavy (non-hydrogen) atoms. The molecule has 0 saturated carbocycles. The van der Waals surface area contributed by atoms with E-state index < -0.39 is 6.04 Å². The van der Waals surface area contributed by atoms with E-state index in [2.05, 4.69) is 15.5 Å². The van der Waals surface area contributed by atoms with Crippen molar-refractivity contribution in [2.24, 2.45) is 7.05 Å². The van der Waals surface area contributed by atoms with Gasteiger partial charge in [0.25, 0.3) is 5.91 Å². The van der Waals surface area contributed by atoms with Crippen LogP contribution >= 0.6 is 35.0 Å². The molecule has 0 saturated heterocycles. The first-order valence-corrected chi connectivity index (χ1v) is 10.7. The topological polar surface area (TPSA) is 89.3 Å². The Morgan fingerprint density at radius 3 is 2.57 bits per heavy atom. The molecule has 0 aliphatic rings. The fourth-order valence-corrected chi connectivity index (χ4v) is 3.89. The summed E-state index contributed by atoms with van der Waals surface area (Å²) >= 11 is 13.5. The van der Waals surface area contributed by atoms with Crippen molar-refractivity contribution in [1.82, 2.24) is 20.1 Å². The zero-order valence-electron chi connectivity index (χ0n) is 16.3. The maximum atomic E-state index is 12.5. The van der Waals surface area contributed by atoms with Crippen LogP contribution in [0.3, 0.4) is 0 Å². The number of thioether (sulfide) groups is 1. The van der Waals surface area contributed by atoms with Gasteiger partial charge in [0.15, 0.2) is 11.0 Å². The highest BCUT2D eigenvalue weighted by molar-refractivity contribution is 7.98. The smallest absolute Gasteiger partial charge is 0.251 e. The molecule has 0 aliphatic heterocycles. The zero-order chi connectivity index (χ0) is 21.7. The minimum absolute atomic E-state index is 0.314. The Bertz CT molecular complexity index is 1030. The van der Waals surface area contributed by atoms with Crippen LogP contribution in [0.2, 0.25) is 10.0 Å². The minimum Gasteiger partial charge on any atom is -0.497 e. The molecule has 0 spiro atoms. The number of halogens is 2. The summed E-state index contributed by atoms with van der Waals surface area (Å²) < 4.78 is 6.84. The summed E-state index contributed by atoms with van der Waals surface area (Å²) in [6, 6.07) is 11.4. The predicted octanol–water partition coefficient (Wildman–Crippen LogP) is 3.89. The molecule has 2 N–H and O–H groups in total. The second-order valence-electron chi connectivity index (χ2n) is 6.37. The van der Waals surface area contributed by atoms with Crippen molar-refractivity contribution in [3.63, 3.8) is 0 Å². The fraction of sp³-hybridized carbons (Fsp3) is 0.250. The Labute approximate surface area is 188 Å². The van der Waals surface area contributed by atoms with Crippen LogP contribution in [0, 0.1) is 0 Å². The molecular weight excluding hydrogens is 447 g/mol. The number of carbonyl (C=O) groups is 1. The van der Waals surface area contributed by atoms with E-state index in [9.17, 15) is 9.90 Å². The first-order chi connectivity index (χ1) is 14.4. The fourth-order valence-electron chi connectivity index (χ4n) is 2.71. The first-order valence-electron chi connectivity index (χ1n) is 8.94. The van der Waals surface area contributed by atoms with Crippen LogP contribution in [0.15, 0.2) is 47.6 Å². The molecule has 0 bridgehead atoms. The molecule has 0 unspecified atom stereocenters. The monoisotopic (exact) mass is 466 g/mol. The van der Waals surface area contributed by atoms with Crippen LogP contribution in [0.1, 0.15) is 27.8 Å². The summed E-state index contributed by atoms with van der Waals surface area (Å²) in [4.78, 5) is 12.5. The van der Waals surface area contributed by atoms with Gasteiger partial charge in [-0.1, -0.05) is 41.0 Å². The molecule has 10 heteroatoms. The zero-order valence-corrected chi connectivity index (χ0v) is 18.6. The summed E-state index contributed by atoms with van der Waals surface area (Å²) in [5.41, 5.74) is 1.44. The Morgan fingerprint density at radius 1 is 1.20 bits per heavy atom. The van der Waals surface area contributed by atoms with Gasteiger partial charge in [0, 0.05) is 18.4 Å². The molecule has 3 rings (SSSR count). The number of hydrogen-bond acceptors (Lipinski definition) is 6. The third kappa shape index (κ3) is 5.26. The third-order valence-corrected chi connectivity index (χ3v) is 6.20. The van der Waals surface area contributed by atoms with E-state index in [4.69, 9.17) is 27.9 Å². The first kappa shape index (κ1) is 22.4. The van der Waals surface area contributed by atoms with Crippen LogP contribution in [-0.4, -0.2) is 39.5 Å². The van der Waals surface area contributed by atoms with Crippen LogP contribution in [-0.2, 0) is 12.8 Å². The lowest BCUT2D eigenvalue weighted by atomic mass is 10.2. The quantitative estimate of drug-likeness (QED) is 0.489. The molecule has 0 fully saturated rings. The molecule has 1 heterocycles. The number of nitrogens with zero attached hydrogens (tertiary/aromatic N) is 3. The average Bonchev–Trinajstić information content (AvgIpc) is 3.13. The van der Waals surface area contributed by atoms with Crippen molar-refractivity contribution in [2.45, 2.75) is 17.0 Å². The van der Waals surface area contributed by atoms with E-state index >= 15 is 0 Å². The lowest BCUT2D eigenvalue weighted by Gasteiger charge is -2.16. The van der Waals surface area contributed by atoms with Gasteiger partial charge >= 0.3 is 0 Å². The number of carbonyl (C=O) groups excluding carboxylic acids is 1. The number of aliphatic hydroxyl groups is 1. The van der Waals surface area contributed by atoms with E-state index in [1.807, 2.05) is 6.07 Å². The Morgan fingerprint density at radius 2 is 1.93 bits per heavy atom. The number of rotatable bonds is 8. The van der Waals surface area contributed by atoms with Crippen LogP contribution < -0.4 is 10.1 Å². The number of amides is 1. The van der Waals surface area contributed by atoms with Gasteiger partial charge in [-0.25, -0.2) is 0 Å². The Kier molecular flexibility index (Phi) is 7.60. The number of aliphatic hydroxyl groups excluding tert-OH is 1. The average molecular weight is 467 g/mol.